The summed E-state index contributed by atoms with van der Waals surface area (Å²) in [6.45, 7) is 4.34. The van der Waals surface area contributed by atoms with Crippen LogP contribution in [0, 0.1) is 0 Å². The van der Waals surface area contributed by atoms with Gasteiger partial charge in [0.1, 0.15) is 0 Å². The Morgan fingerprint density at radius 2 is 2.26 bits per heavy atom. The van der Waals surface area contributed by atoms with Crippen molar-refractivity contribution in [3.63, 3.8) is 0 Å². The zero-order chi connectivity index (χ0) is 13.8. The summed E-state index contributed by atoms with van der Waals surface area (Å²) in [5.41, 5.74) is 1.67. The van der Waals surface area contributed by atoms with Gasteiger partial charge in [0, 0.05) is 11.7 Å². The lowest BCUT2D eigenvalue weighted by Crippen LogP contribution is -2.33. The molecule has 1 aromatic heterocycles. The van der Waals surface area contributed by atoms with Crippen LogP contribution < -0.4 is 16.4 Å². The number of amides is 1. The Morgan fingerprint density at radius 3 is 3.00 bits per heavy atom. The Hall–Kier alpha value is -2.08. The first-order valence-electron chi connectivity index (χ1n) is 6.24. The number of hydrogen-bond acceptors (Lipinski definition) is 4. The van der Waals surface area contributed by atoms with E-state index in [-0.39, 0.29) is 12.5 Å². The van der Waals surface area contributed by atoms with Crippen molar-refractivity contribution in [1.29, 1.82) is 0 Å². The van der Waals surface area contributed by atoms with Crippen LogP contribution >= 0.6 is 0 Å². The summed E-state index contributed by atoms with van der Waals surface area (Å²) in [6.07, 6.45) is 0.968. The van der Waals surface area contributed by atoms with E-state index < -0.39 is 5.76 Å². The molecule has 0 saturated carbocycles. The van der Waals surface area contributed by atoms with Crippen molar-refractivity contribution >= 4 is 22.7 Å². The van der Waals surface area contributed by atoms with Crippen LogP contribution in [0.15, 0.2) is 27.4 Å². The van der Waals surface area contributed by atoms with E-state index in [1.54, 1.807) is 18.2 Å². The molecule has 1 aromatic carbocycles. The molecule has 1 unspecified atom stereocenters. The summed E-state index contributed by atoms with van der Waals surface area (Å²) in [5.74, 6) is -0.623. The molecule has 3 N–H and O–H groups in total. The summed E-state index contributed by atoms with van der Waals surface area (Å²) in [7, 11) is 0. The predicted octanol–water partition coefficient (Wildman–Crippen LogP) is 1.45. The van der Waals surface area contributed by atoms with Crippen LogP contribution in [-0.2, 0) is 4.79 Å². The van der Waals surface area contributed by atoms with Gasteiger partial charge in [0.15, 0.2) is 5.58 Å². The number of aromatic amines is 1. The number of rotatable bonds is 5. The number of oxazole rings is 1. The fraction of sp³-hybridized carbons (Fsp3) is 0.385. The highest BCUT2D eigenvalue weighted by Crippen LogP contribution is 2.15. The van der Waals surface area contributed by atoms with Crippen molar-refractivity contribution in [2.75, 3.05) is 11.9 Å². The maximum absolute atomic E-state index is 11.7. The van der Waals surface area contributed by atoms with Gasteiger partial charge in [0.25, 0.3) is 0 Å². The largest absolute Gasteiger partial charge is 0.417 e. The third-order valence-corrected chi connectivity index (χ3v) is 2.93. The Balaban J connectivity index is 2.00. The maximum Gasteiger partial charge on any atom is 0.417 e. The van der Waals surface area contributed by atoms with Gasteiger partial charge in [-0.05, 0) is 31.5 Å². The molecule has 2 rings (SSSR count). The molecular weight excluding hydrogens is 246 g/mol. The first-order chi connectivity index (χ1) is 9.08. The summed E-state index contributed by atoms with van der Waals surface area (Å²) in [6, 6.07) is 5.31. The fourth-order valence-corrected chi connectivity index (χ4v) is 1.65. The highest BCUT2D eigenvalue weighted by Gasteiger charge is 2.06. The average Bonchev–Trinajstić information content (AvgIpc) is 2.75. The Kier molecular flexibility index (Phi) is 4.01. The third kappa shape index (κ3) is 3.45. The summed E-state index contributed by atoms with van der Waals surface area (Å²) >= 11 is 0. The number of hydrogen-bond donors (Lipinski definition) is 3. The second-order valence-corrected chi connectivity index (χ2v) is 4.46. The molecule has 1 heterocycles. The summed E-state index contributed by atoms with van der Waals surface area (Å²) in [4.78, 5) is 25.3. The zero-order valence-electron chi connectivity index (χ0n) is 10.9. The number of anilines is 1. The van der Waals surface area contributed by atoms with E-state index in [0.29, 0.717) is 22.8 Å². The molecule has 0 saturated heterocycles. The zero-order valence-corrected chi connectivity index (χ0v) is 10.9. The molecule has 0 fully saturated rings. The number of benzene rings is 1. The molecule has 1 amide bonds. The Morgan fingerprint density at radius 1 is 1.47 bits per heavy atom. The van der Waals surface area contributed by atoms with Crippen LogP contribution in [0.5, 0.6) is 0 Å². The SMILES string of the molecule is CCC(C)NCC(=O)Nc1ccc2oc(=O)[nH]c2c1. The van der Waals surface area contributed by atoms with Crippen LogP contribution in [0.4, 0.5) is 5.69 Å². The normalized spacial score (nSPS) is 12.5. The Labute approximate surface area is 110 Å². The highest BCUT2D eigenvalue weighted by molar-refractivity contribution is 5.94. The van der Waals surface area contributed by atoms with Crippen molar-refractivity contribution in [3.8, 4) is 0 Å². The molecule has 1 atom stereocenters. The van der Waals surface area contributed by atoms with Crippen molar-refractivity contribution in [2.45, 2.75) is 26.3 Å². The van der Waals surface area contributed by atoms with Crippen LogP contribution in [-0.4, -0.2) is 23.5 Å². The highest BCUT2D eigenvalue weighted by atomic mass is 16.4. The van der Waals surface area contributed by atoms with Gasteiger partial charge in [-0.15, -0.1) is 0 Å². The fourth-order valence-electron chi connectivity index (χ4n) is 1.65. The minimum absolute atomic E-state index is 0.120. The van der Waals surface area contributed by atoms with E-state index in [2.05, 4.69) is 22.5 Å². The lowest BCUT2D eigenvalue weighted by molar-refractivity contribution is -0.115. The van der Waals surface area contributed by atoms with Gasteiger partial charge >= 0.3 is 5.76 Å². The number of carbonyl (C=O) groups excluding carboxylic acids is 1. The minimum atomic E-state index is -0.503. The van der Waals surface area contributed by atoms with Gasteiger partial charge < -0.3 is 15.1 Å². The number of fused-ring (bicyclic) bond motifs is 1. The molecule has 0 aliphatic carbocycles. The van der Waals surface area contributed by atoms with Crippen LogP contribution in [0.25, 0.3) is 11.1 Å². The van der Waals surface area contributed by atoms with E-state index in [1.807, 2.05) is 6.92 Å². The second kappa shape index (κ2) is 5.71. The molecule has 0 aliphatic rings. The minimum Gasteiger partial charge on any atom is -0.408 e. The van der Waals surface area contributed by atoms with Crippen LogP contribution in [0.3, 0.4) is 0 Å². The van der Waals surface area contributed by atoms with Crippen molar-refractivity contribution in [3.05, 3.63) is 28.7 Å². The molecule has 0 bridgehead atoms. The second-order valence-electron chi connectivity index (χ2n) is 4.46. The first-order valence-corrected chi connectivity index (χ1v) is 6.24. The van der Waals surface area contributed by atoms with Crippen molar-refractivity contribution in [2.24, 2.45) is 0 Å². The maximum atomic E-state index is 11.7. The monoisotopic (exact) mass is 263 g/mol. The molecule has 6 heteroatoms. The van der Waals surface area contributed by atoms with Gasteiger partial charge in [0.2, 0.25) is 5.91 Å². The van der Waals surface area contributed by atoms with E-state index >= 15 is 0 Å². The van der Waals surface area contributed by atoms with Gasteiger partial charge in [0.05, 0.1) is 12.1 Å². The van der Waals surface area contributed by atoms with Crippen LogP contribution in [0.2, 0.25) is 0 Å². The topological polar surface area (TPSA) is 87.1 Å². The predicted molar refractivity (Wildman–Crippen MR) is 73.2 cm³/mol. The van der Waals surface area contributed by atoms with E-state index in [9.17, 15) is 9.59 Å². The molecule has 0 radical (unpaired) electrons. The average molecular weight is 263 g/mol. The molecule has 6 nitrogen and oxygen atoms in total. The van der Waals surface area contributed by atoms with E-state index in [0.717, 1.165) is 6.42 Å². The quantitative estimate of drug-likeness (QED) is 0.762. The molecule has 0 spiro atoms. The summed E-state index contributed by atoms with van der Waals surface area (Å²) in [5, 5.41) is 5.86. The van der Waals surface area contributed by atoms with E-state index in [4.69, 9.17) is 4.42 Å². The number of aromatic nitrogens is 1. The van der Waals surface area contributed by atoms with Gasteiger partial charge in [-0.1, -0.05) is 6.92 Å². The van der Waals surface area contributed by atoms with Crippen LogP contribution in [0.1, 0.15) is 20.3 Å². The molecule has 2 aromatic rings. The molecule has 19 heavy (non-hydrogen) atoms. The van der Waals surface area contributed by atoms with Gasteiger partial charge in [-0.2, -0.15) is 0 Å². The van der Waals surface area contributed by atoms with Crippen molar-refractivity contribution in [1.82, 2.24) is 10.3 Å². The molecule has 102 valence electrons. The molecule has 0 aliphatic heterocycles. The van der Waals surface area contributed by atoms with Gasteiger partial charge in [-0.25, -0.2) is 4.79 Å². The smallest absolute Gasteiger partial charge is 0.408 e. The lowest BCUT2D eigenvalue weighted by Gasteiger charge is -2.11. The Bertz CT molecular complexity index is 629. The van der Waals surface area contributed by atoms with Gasteiger partial charge in [-0.3, -0.25) is 9.78 Å². The number of H-pyrrole nitrogens is 1. The van der Waals surface area contributed by atoms with E-state index in [1.165, 1.54) is 0 Å². The first kappa shape index (κ1) is 13.4. The third-order valence-electron chi connectivity index (χ3n) is 2.93. The number of nitrogens with one attached hydrogen (secondary N) is 3. The lowest BCUT2D eigenvalue weighted by atomic mass is 10.2. The van der Waals surface area contributed by atoms with Crippen molar-refractivity contribution < 1.29 is 9.21 Å². The summed E-state index contributed by atoms with van der Waals surface area (Å²) < 4.78 is 4.89. The number of carbonyl (C=O) groups is 1. The molecular formula is C13H17N3O3. The standard InChI is InChI=1S/C13H17N3O3/c1-3-8(2)14-7-12(17)15-9-4-5-11-10(6-9)16-13(18)19-11/h4-6,8,14H,3,7H2,1-2H3,(H,15,17)(H,16,18).